The van der Waals surface area contributed by atoms with Crippen LogP contribution in [0.15, 0.2) is 41.3 Å². The number of carbonyl (C=O) groups is 2. The van der Waals surface area contributed by atoms with Gasteiger partial charge in [0.05, 0.1) is 10.6 Å². The first-order valence-electron chi connectivity index (χ1n) is 10.3. The van der Waals surface area contributed by atoms with Crippen LogP contribution in [0.1, 0.15) is 39.5 Å². The van der Waals surface area contributed by atoms with Crippen molar-refractivity contribution in [1.29, 1.82) is 0 Å². The molecule has 1 N–H and O–H groups in total. The zero-order valence-corrected chi connectivity index (χ0v) is 17.9. The van der Waals surface area contributed by atoms with Crippen molar-refractivity contribution in [3.05, 3.63) is 36.4 Å². The van der Waals surface area contributed by atoms with Crippen molar-refractivity contribution >= 4 is 38.4 Å². The van der Waals surface area contributed by atoms with Gasteiger partial charge in [-0.15, -0.1) is 0 Å². The van der Waals surface area contributed by atoms with Crippen LogP contribution < -0.4 is 9.62 Å². The highest BCUT2D eigenvalue weighted by Gasteiger charge is 2.37. The molecule has 0 spiro atoms. The average Bonchev–Trinajstić information content (AvgIpc) is 2.93. The number of carbonyl (C=O) groups excluding carboxylic acids is 2. The maximum atomic E-state index is 13.0. The second-order valence-electron chi connectivity index (χ2n) is 8.15. The molecule has 30 heavy (non-hydrogen) atoms. The van der Waals surface area contributed by atoms with Crippen LogP contribution in [0, 0.1) is 5.92 Å². The van der Waals surface area contributed by atoms with Gasteiger partial charge in [-0.3, -0.25) is 13.9 Å². The standard InChI is InChI=1S/C22H26N2O5S/c1-14-7-3-4-10-17(14)23-22(26)15(2)29-20(25)13-24-18-11-5-8-16-9-6-12-19(21(16)18)30(24,27)28/h5-6,8-9,11-12,14-15,17H,3-4,7,10,13H2,1-2H3,(H,23,26). The maximum Gasteiger partial charge on any atom is 0.327 e. The summed E-state index contributed by atoms with van der Waals surface area (Å²) in [7, 11) is -3.85. The van der Waals surface area contributed by atoms with Crippen LogP contribution in [0.5, 0.6) is 0 Å². The molecule has 0 saturated heterocycles. The van der Waals surface area contributed by atoms with Crippen LogP contribution in [0.3, 0.4) is 0 Å². The molecule has 1 aliphatic heterocycles. The molecule has 4 rings (SSSR count). The fourth-order valence-corrected chi connectivity index (χ4v) is 6.02. The van der Waals surface area contributed by atoms with Crippen molar-refractivity contribution in [3.8, 4) is 0 Å². The number of ether oxygens (including phenoxy) is 1. The molecule has 1 heterocycles. The molecular weight excluding hydrogens is 404 g/mol. The average molecular weight is 431 g/mol. The van der Waals surface area contributed by atoms with Gasteiger partial charge in [-0.25, -0.2) is 8.42 Å². The van der Waals surface area contributed by atoms with Crippen molar-refractivity contribution in [2.75, 3.05) is 10.8 Å². The Morgan fingerprint density at radius 3 is 2.60 bits per heavy atom. The van der Waals surface area contributed by atoms with Crippen LogP contribution in [-0.2, 0) is 24.3 Å². The van der Waals surface area contributed by atoms with Gasteiger partial charge in [0.15, 0.2) is 6.10 Å². The lowest BCUT2D eigenvalue weighted by atomic mass is 9.86. The molecule has 8 heteroatoms. The lowest BCUT2D eigenvalue weighted by molar-refractivity contribution is -0.153. The van der Waals surface area contributed by atoms with Crippen molar-refractivity contribution < 1.29 is 22.7 Å². The Labute approximate surface area is 176 Å². The Morgan fingerprint density at radius 1 is 1.17 bits per heavy atom. The summed E-state index contributed by atoms with van der Waals surface area (Å²) in [6.45, 7) is 3.14. The number of amides is 1. The molecule has 7 nitrogen and oxygen atoms in total. The number of rotatable bonds is 5. The maximum absolute atomic E-state index is 13.0. The van der Waals surface area contributed by atoms with E-state index in [9.17, 15) is 18.0 Å². The number of nitrogens with one attached hydrogen (secondary N) is 1. The molecule has 1 aliphatic carbocycles. The molecule has 0 radical (unpaired) electrons. The van der Waals surface area contributed by atoms with Gasteiger partial charge in [0.2, 0.25) is 0 Å². The van der Waals surface area contributed by atoms with E-state index in [0.717, 1.165) is 35.4 Å². The monoisotopic (exact) mass is 430 g/mol. The number of hydrogen-bond donors (Lipinski definition) is 1. The minimum atomic E-state index is -3.85. The van der Waals surface area contributed by atoms with Crippen LogP contribution >= 0.6 is 0 Å². The molecule has 0 bridgehead atoms. The van der Waals surface area contributed by atoms with E-state index in [0.29, 0.717) is 17.0 Å². The van der Waals surface area contributed by atoms with E-state index in [2.05, 4.69) is 12.2 Å². The predicted octanol–water partition coefficient (Wildman–Crippen LogP) is 2.98. The van der Waals surface area contributed by atoms with Crippen LogP contribution in [-0.4, -0.2) is 39.0 Å². The van der Waals surface area contributed by atoms with Crippen molar-refractivity contribution in [1.82, 2.24) is 5.32 Å². The molecule has 1 amide bonds. The number of sulfonamides is 1. The molecule has 2 aliphatic rings. The van der Waals surface area contributed by atoms with Crippen LogP contribution in [0.4, 0.5) is 5.69 Å². The zero-order valence-electron chi connectivity index (χ0n) is 17.1. The molecule has 3 atom stereocenters. The SMILES string of the molecule is CC(OC(=O)CN1c2cccc3cccc(c23)S1(=O)=O)C(=O)NC1CCCCC1C. The molecule has 1 fully saturated rings. The number of benzene rings is 2. The smallest absolute Gasteiger partial charge is 0.327 e. The second kappa shape index (κ2) is 7.91. The third kappa shape index (κ3) is 3.64. The van der Waals surface area contributed by atoms with E-state index in [-0.39, 0.29) is 16.8 Å². The Morgan fingerprint density at radius 2 is 1.87 bits per heavy atom. The minimum absolute atomic E-state index is 0.0819. The third-order valence-electron chi connectivity index (χ3n) is 6.07. The van der Waals surface area contributed by atoms with Gasteiger partial charge in [-0.1, -0.05) is 44.0 Å². The number of anilines is 1. The Balaban J connectivity index is 1.44. The summed E-state index contributed by atoms with van der Waals surface area (Å²) in [6, 6.07) is 10.4. The normalized spacial score (nSPS) is 23.2. The van der Waals surface area contributed by atoms with Crippen molar-refractivity contribution in [3.63, 3.8) is 0 Å². The number of esters is 1. The highest BCUT2D eigenvalue weighted by Crippen LogP contribution is 2.41. The van der Waals surface area contributed by atoms with Crippen LogP contribution in [0.25, 0.3) is 10.8 Å². The summed E-state index contributed by atoms with van der Waals surface area (Å²) < 4.78 is 32.3. The summed E-state index contributed by atoms with van der Waals surface area (Å²) in [6.07, 6.45) is 3.23. The molecule has 160 valence electrons. The first-order chi connectivity index (χ1) is 14.3. The number of hydrogen-bond acceptors (Lipinski definition) is 5. The van der Waals surface area contributed by atoms with Gasteiger partial charge >= 0.3 is 5.97 Å². The molecule has 2 aromatic carbocycles. The van der Waals surface area contributed by atoms with E-state index in [1.807, 2.05) is 12.1 Å². The van der Waals surface area contributed by atoms with Crippen molar-refractivity contribution in [2.24, 2.45) is 5.92 Å². The van der Waals surface area contributed by atoms with Gasteiger partial charge in [0, 0.05) is 11.4 Å². The fourth-order valence-electron chi connectivity index (χ4n) is 4.36. The van der Waals surface area contributed by atoms with E-state index in [1.165, 1.54) is 13.0 Å². The molecule has 3 unspecified atom stereocenters. The van der Waals surface area contributed by atoms with Gasteiger partial charge in [0.25, 0.3) is 15.9 Å². The third-order valence-corrected chi connectivity index (χ3v) is 7.87. The van der Waals surface area contributed by atoms with E-state index in [1.54, 1.807) is 18.2 Å². The Hall–Kier alpha value is -2.61. The fraction of sp³-hybridized carbons (Fsp3) is 0.455. The predicted molar refractivity (Wildman–Crippen MR) is 114 cm³/mol. The lowest BCUT2D eigenvalue weighted by Crippen LogP contribution is -2.46. The van der Waals surface area contributed by atoms with Gasteiger partial charge in [0.1, 0.15) is 6.54 Å². The van der Waals surface area contributed by atoms with E-state index < -0.39 is 28.6 Å². The van der Waals surface area contributed by atoms with Gasteiger partial charge < -0.3 is 10.1 Å². The highest BCUT2D eigenvalue weighted by molar-refractivity contribution is 7.93. The molecule has 1 saturated carbocycles. The van der Waals surface area contributed by atoms with E-state index >= 15 is 0 Å². The quantitative estimate of drug-likeness (QED) is 0.736. The molecule has 2 aromatic rings. The second-order valence-corrected chi connectivity index (χ2v) is 9.98. The van der Waals surface area contributed by atoms with Crippen molar-refractivity contribution in [2.45, 2.75) is 56.6 Å². The first-order valence-corrected chi connectivity index (χ1v) is 11.8. The first kappa shape index (κ1) is 20.7. The summed E-state index contributed by atoms with van der Waals surface area (Å²) >= 11 is 0. The zero-order chi connectivity index (χ0) is 21.5. The summed E-state index contributed by atoms with van der Waals surface area (Å²) in [5.74, 6) is -0.723. The number of nitrogens with zero attached hydrogens (tertiary/aromatic N) is 1. The topological polar surface area (TPSA) is 92.8 Å². The largest absolute Gasteiger partial charge is 0.451 e. The van der Waals surface area contributed by atoms with Crippen LogP contribution in [0.2, 0.25) is 0 Å². The Kier molecular flexibility index (Phi) is 5.44. The Bertz CT molecular complexity index is 1090. The molecular formula is C22H26N2O5S. The highest BCUT2D eigenvalue weighted by atomic mass is 32.2. The van der Waals surface area contributed by atoms with E-state index in [4.69, 9.17) is 4.74 Å². The summed E-state index contributed by atoms with van der Waals surface area (Å²) in [5, 5.41) is 4.36. The summed E-state index contributed by atoms with van der Waals surface area (Å²) in [5.41, 5.74) is 0.452. The van der Waals surface area contributed by atoms with Gasteiger partial charge in [-0.2, -0.15) is 0 Å². The summed E-state index contributed by atoms with van der Waals surface area (Å²) in [4.78, 5) is 25.2. The molecule has 0 aromatic heterocycles. The lowest BCUT2D eigenvalue weighted by Gasteiger charge is -2.30. The minimum Gasteiger partial charge on any atom is -0.451 e. The van der Waals surface area contributed by atoms with Gasteiger partial charge in [-0.05, 0) is 43.2 Å².